The van der Waals surface area contributed by atoms with Crippen LogP contribution in [0.2, 0.25) is 0 Å². The molecule has 0 atom stereocenters. The average molecular weight is 322 g/mol. The minimum atomic E-state index is -0.484. The number of halogens is 1. The van der Waals surface area contributed by atoms with Crippen LogP contribution in [0.4, 0.5) is 0 Å². The minimum absolute atomic E-state index is 0.0475. The summed E-state index contributed by atoms with van der Waals surface area (Å²) in [6.07, 6.45) is 1.82. The molecule has 1 N–H and O–H groups in total. The molecule has 0 aliphatic rings. The van der Waals surface area contributed by atoms with Crippen molar-refractivity contribution in [3.8, 4) is 0 Å². The fourth-order valence-electron chi connectivity index (χ4n) is 1.67. The Kier molecular flexibility index (Phi) is 4.16. The van der Waals surface area contributed by atoms with Gasteiger partial charge < -0.3 is 9.72 Å². The molecule has 0 bridgehead atoms. The number of ketones is 1. The van der Waals surface area contributed by atoms with Crippen LogP contribution in [-0.2, 0) is 11.2 Å². The first kappa shape index (κ1) is 13.5. The standard InChI is InChI=1S/C14H12BrNO3/c1-19-14(18)12-7-10(8-16-12)13(17)6-9-2-4-11(15)5-3-9/h2-5,7-8,16H,6H2,1H3. The van der Waals surface area contributed by atoms with Gasteiger partial charge in [0, 0.05) is 22.7 Å². The van der Waals surface area contributed by atoms with Gasteiger partial charge in [0.05, 0.1) is 7.11 Å². The van der Waals surface area contributed by atoms with Gasteiger partial charge in [0.1, 0.15) is 5.69 Å². The second-order valence-electron chi connectivity index (χ2n) is 4.02. The van der Waals surface area contributed by atoms with Crippen molar-refractivity contribution in [1.82, 2.24) is 4.98 Å². The average Bonchev–Trinajstić information content (AvgIpc) is 2.90. The van der Waals surface area contributed by atoms with Gasteiger partial charge in [-0.1, -0.05) is 28.1 Å². The number of esters is 1. The highest BCUT2D eigenvalue weighted by molar-refractivity contribution is 9.10. The molecule has 1 aromatic carbocycles. The summed E-state index contributed by atoms with van der Waals surface area (Å²) in [5.41, 5.74) is 1.68. The SMILES string of the molecule is COC(=O)c1cc(C(=O)Cc2ccc(Br)cc2)c[nH]1. The second-order valence-corrected chi connectivity index (χ2v) is 4.94. The molecule has 0 spiro atoms. The third-order valence-electron chi connectivity index (χ3n) is 2.69. The van der Waals surface area contributed by atoms with Gasteiger partial charge in [-0.2, -0.15) is 0 Å². The number of rotatable bonds is 4. The molecule has 0 fully saturated rings. The van der Waals surface area contributed by atoms with Crippen molar-refractivity contribution in [1.29, 1.82) is 0 Å². The third kappa shape index (κ3) is 3.32. The molecule has 0 aliphatic carbocycles. The molecular weight excluding hydrogens is 310 g/mol. The molecule has 5 heteroatoms. The van der Waals surface area contributed by atoms with E-state index in [-0.39, 0.29) is 11.5 Å². The van der Waals surface area contributed by atoms with Crippen LogP contribution in [0.15, 0.2) is 41.0 Å². The summed E-state index contributed by atoms with van der Waals surface area (Å²) in [6.45, 7) is 0. The molecule has 0 amide bonds. The Balaban J connectivity index is 2.09. The monoisotopic (exact) mass is 321 g/mol. The van der Waals surface area contributed by atoms with Crippen molar-refractivity contribution in [3.05, 3.63) is 57.8 Å². The summed E-state index contributed by atoms with van der Waals surface area (Å²) in [5.74, 6) is -0.531. The van der Waals surface area contributed by atoms with Crippen LogP contribution in [0.5, 0.6) is 0 Å². The first-order valence-electron chi connectivity index (χ1n) is 5.64. The molecule has 1 aromatic heterocycles. The Labute approximate surface area is 118 Å². The molecule has 19 heavy (non-hydrogen) atoms. The Morgan fingerprint density at radius 1 is 1.26 bits per heavy atom. The fraction of sp³-hybridized carbons (Fsp3) is 0.143. The van der Waals surface area contributed by atoms with Crippen molar-refractivity contribution < 1.29 is 14.3 Å². The third-order valence-corrected chi connectivity index (χ3v) is 3.22. The molecule has 2 rings (SSSR count). The van der Waals surface area contributed by atoms with Crippen molar-refractivity contribution >= 4 is 27.7 Å². The minimum Gasteiger partial charge on any atom is -0.464 e. The number of Topliss-reactive ketones (excluding diaryl/α,β-unsaturated/α-hetero) is 1. The first-order valence-corrected chi connectivity index (χ1v) is 6.44. The molecule has 0 saturated heterocycles. The van der Waals surface area contributed by atoms with Crippen LogP contribution >= 0.6 is 15.9 Å². The summed E-state index contributed by atoms with van der Waals surface area (Å²) in [7, 11) is 1.30. The molecule has 0 unspecified atom stereocenters. The predicted octanol–water partition coefficient (Wildman–Crippen LogP) is 2.99. The largest absolute Gasteiger partial charge is 0.464 e. The van der Waals surface area contributed by atoms with Gasteiger partial charge in [-0.15, -0.1) is 0 Å². The van der Waals surface area contributed by atoms with E-state index < -0.39 is 5.97 Å². The van der Waals surface area contributed by atoms with Gasteiger partial charge in [-0.3, -0.25) is 4.79 Å². The zero-order chi connectivity index (χ0) is 13.8. The number of aromatic nitrogens is 1. The Bertz CT molecular complexity index is 601. The number of H-pyrrole nitrogens is 1. The number of carbonyl (C=O) groups excluding carboxylic acids is 2. The maximum absolute atomic E-state index is 12.0. The number of methoxy groups -OCH3 is 1. The molecular formula is C14H12BrNO3. The highest BCUT2D eigenvalue weighted by Crippen LogP contribution is 2.13. The lowest BCUT2D eigenvalue weighted by atomic mass is 10.1. The van der Waals surface area contributed by atoms with Crippen molar-refractivity contribution in [2.24, 2.45) is 0 Å². The predicted molar refractivity (Wildman–Crippen MR) is 74.3 cm³/mol. The lowest BCUT2D eigenvalue weighted by molar-refractivity contribution is 0.0595. The van der Waals surface area contributed by atoms with E-state index in [0.29, 0.717) is 12.0 Å². The van der Waals surface area contributed by atoms with E-state index in [4.69, 9.17) is 0 Å². The Morgan fingerprint density at radius 3 is 2.58 bits per heavy atom. The quantitative estimate of drug-likeness (QED) is 0.695. The van der Waals surface area contributed by atoms with E-state index in [2.05, 4.69) is 25.7 Å². The number of nitrogens with one attached hydrogen (secondary N) is 1. The number of hydrogen-bond donors (Lipinski definition) is 1. The molecule has 0 aliphatic heterocycles. The Hall–Kier alpha value is -1.88. The number of carbonyl (C=O) groups is 2. The van der Waals surface area contributed by atoms with Crippen LogP contribution in [0.25, 0.3) is 0 Å². The zero-order valence-electron chi connectivity index (χ0n) is 10.3. The summed E-state index contributed by atoms with van der Waals surface area (Å²) in [6, 6.07) is 9.05. The maximum Gasteiger partial charge on any atom is 0.354 e. The topological polar surface area (TPSA) is 59.2 Å². The molecule has 0 saturated carbocycles. The van der Waals surface area contributed by atoms with E-state index in [1.807, 2.05) is 24.3 Å². The normalized spacial score (nSPS) is 10.2. The number of hydrogen-bond acceptors (Lipinski definition) is 3. The van der Waals surface area contributed by atoms with E-state index in [0.717, 1.165) is 10.0 Å². The molecule has 4 nitrogen and oxygen atoms in total. The van der Waals surface area contributed by atoms with Gasteiger partial charge in [-0.05, 0) is 23.8 Å². The molecule has 98 valence electrons. The van der Waals surface area contributed by atoms with E-state index in [1.165, 1.54) is 19.4 Å². The lowest BCUT2D eigenvalue weighted by Gasteiger charge is -1.99. The molecule has 2 aromatic rings. The van der Waals surface area contributed by atoms with Gasteiger partial charge in [0.2, 0.25) is 0 Å². The van der Waals surface area contributed by atoms with E-state index >= 15 is 0 Å². The van der Waals surface area contributed by atoms with Gasteiger partial charge in [0.15, 0.2) is 5.78 Å². The summed E-state index contributed by atoms with van der Waals surface area (Å²) in [4.78, 5) is 26.0. The van der Waals surface area contributed by atoms with Gasteiger partial charge >= 0.3 is 5.97 Å². The summed E-state index contributed by atoms with van der Waals surface area (Å²) >= 11 is 3.34. The smallest absolute Gasteiger partial charge is 0.354 e. The summed E-state index contributed by atoms with van der Waals surface area (Å²) < 4.78 is 5.54. The van der Waals surface area contributed by atoms with Crippen LogP contribution < -0.4 is 0 Å². The van der Waals surface area contributed by atoms with Crippen molar-refractivity contribution in [2.75, 3.05) is 7.11 Å². The number of aromatic amines is 1. The Morgan fingerprint density at radius 2 is 1.95 bits per heavy atom. The van der Waals surface area contributed by atoms with Gasteiger partial charge in [0.25, 0.3) is 0 Å². The van der Waals surface area contributed by atoms with Crippen LogP contribution in [0, 0.1) is 0 Å². The highest BCUT2D eigenvalue weighted by Gasteiger charge is 2.13. The van der Waals surface area contributed by atoms with Crippen LogP contribution in [-0.4, -0.2) is 23.8 Å². The lowest BCUT2D eigenvalue weighted by Crippen LogP contribution is -2.03. The van der Waals surface area contributed by atoms with Crippen molar-refractivity contribution in [2.45, 2.75) is 6.42 Å². The molecule has 1 heterocycles. The van der Waals surface area contributed by atoms with E-state index in [1.54, 1.807) is 0 Å². The van der Waals surface area contributed by atoms with Crippen LogP contribution in [0.3, 0.4) is 0 Å². The van der Waals surface area contributed by atoms with E-state index in [9.17, 15) is 9.59 Å². The van der Waals surface area contributed by atoms with Crippen LogP contribution in [0.1, 0.15) is 26.4 Å². The summed E-state index contributed by atoms with van der Waals surface area (Å²) in [5, 5.41) is 0. The number of ether oxygens (including phenoxy) is 1. The van der Waals surface area contributed by atoms with Crippen molar-refractivity contribution in [3.63, 3.8) is 0 Å². The second kappa shape index (κ2) is 5.84. The van der Waals surface area contributed by atoms with Gasteiger partial charge in [-0.25, -0.2) is 4.79 Å². The maximum atomic E-state index is 12.0. The highest BCUT2D eigenvalue weighted by atomic mass is 79.9. The molecule has 0 radical (unpaired) electrons. The first-order chi connectivity index (χ1) is 9.10. The fourth-order valence-corrected chi connectivity index (χ4v) is 1.94. The zero-order valence-corrected chi connectivity index (χ0v) is 11.9. The number of benzene rings is 1.